The van der Waals surface area contributed by atoms with Gasteiger partial charge >= 0.3 is 5.97 Å². The summed E-state index contributed by atoms with van der Waals surface area (Å²) in [7, 11) is 0. The van der Waals surface area contributed by atoms with Gasteiger partial charge in [0, 0.05) is 50.8 Å². The van der Waals surface area contributed by atoms with Gasteiger partial charge in [-0.1, -0.05) is 52.7 Å². The zero-order valence-corrected chi connectivity index (χ0v) is 19.2. The summed E-state index contributed by atoms with van der Waals surface area (Å²) < 4.78 is 5.77. The monoisotopic (exact) mass is 402 g/mol. The highest BCUT2D eigenvalue weighted by atomic mass is 16.6. The molecule has 0 radical (unpaired) electrons. The van der Waals surface area contributed by atoms with Gasteiger partial charge in [0.05, 0.1) is 5.41 Å². The second-order valence-corrected chi connectivity index (χ2v) is 10.6. The molecular weight excluding hydrogens is 360 g/mol. The molecule has 1 spiro atoms. The zero-order chi connectivity index (χ0) is 21.1. The molecule has 2 saturated heterocycles. The average Bonchev–Trinajstić information content (AvgIpc) is 3.28. The number of allylic oxidation sites excluding steroid dienone is 3. The summed E-state index contributed by atoms with van der Waals surface area (Å²) >= 11 is 0. The lowest BCUT2D eigenvalue weighted by Crippen LogP contribution is -2.48. The summed E-state index contributed by atoms with van der Waals surface area (Å²) in [6.45, 7) is 18.6. The predicted octanol–water partition coefficient (Wildman–Crippen LogP) is 5.01. The molecule has 29 heavy (non-hydrogen) atoms. The maximum absolute atomic E-state index is 12.4. The first-order chi connectivity index (χ1) is 13.7. The molecule has 2 aliphatic heterocycles. The Bertz CT molecular complexity index is 605. The number of nitrogens with zero attached hydrogens (tertiary/aromatic N) is 2. The normalized spacial score (nSPS) is 26.8. The highest BCUT2D eigenvalue weighted by Crippen LogP contribution is 2.48. The van der Waals surface area contributed by atoms with Crippen LogP contribution in [0.25, 0.3) is 0 Å². The summed E-state index contributed by atoms with van der Waals surface area (Å²) in [6.07, 6.45) is 11.9. The van der Waals surface area contributed by atoms with Crippen molar-refractivity contribution in [1.82, 2.24) is 9.80 Å². The molecule has 1 aliphatic carbocycles. The van der Waals surface area contributed by atoms with Crippen molar-refractivity contribution in [1.29, 1.82) is 0 Å². The summed E-state index contributed by atoms with van der Waals surface area (Å²) in [5.74, 6) is 0.618. The van der Waals surface area contributed by atoms with Crippen LogP contribution < -0.4 is 0 Å². The average molecular weight is 403 g/mol. The topological polar surface area (TPSA) is 32.8 Å². The highest BCUT2D eigenvalue weighted by Gasteiger charge is 2.50. The fourth-order valence-electron chi connectivity index (χ4n) is 5.24. The van der Waals surface area contributed by atoms with Gasteiger partial charge < -0.3 is 9.64 Å². The van der Waals surface area contributed by atoms with Crippen LogP contribution in [0.4, 0.5) is 0 Å². The Morgan fingerprint density at radius 2 is 1.90 bits per heavy atom. The standard InChI is InChI=1S/C25H42N2O2/c1-6-7-10-22(20(2)24(3,4)5)27-17-15-26(16-18-27)14-11-21-19-25(23(28)29-21)12-8-9-13-25/h6,10,20-21H,1,7-9,11-19H2,2-5H3. The Kier molecular flexibility index (Phi) is 7.14. The molecule has 4 heteroatoms. The quantitative estimate of drug-likeness (QED) is 0.442. The van der Waals surface area contributed by atoms with E-state index in [0.717, 1.165) is 64.8 Å². The van der Waals surface area contributed by atoms with E-state index in [9.17, 15) is 4.79 Å². The third kappa shape index (κ3) is 5.25. The fraction of sp³-hybridized carbons (Fsp3) is 0.800. The first-order valence-corrected chi connectivity index (χ1v) is 11.7. The van der Waals surface area contributed by atoms with Crippen LogP contribution in [0.3, 0.4) is 0 Å². The van der Waals surface area contributed by atoms with Crippen molar-refractivity contribution in [2.75, 3.05) is 32.7 Å². The summed E-state index contributed by atoms with van der Waals surface area (Å²) in [5.41, 5.74) is 1.62. The minimum absolute atomic E-state index is 0.0954. The molecule has 0 aromatic carbocycles. The SMILES string of the molecule is C=CCC=C(C(C)C(C)(C)C)N1CCN(CCC2CC3(CCCC3)C(=O)O2)CC1. The van der Waals surface area contributed by atoms with E-state index in [1.165, 1.54) is 18.5 Å². The molecular formula is C25H42N2O2. The van der Waals surface area contributed by atoms with Crippen molar-refractivity contribution in [2.24, 2.45) is 16.7 Å². The minimum atomic E-state index is -0.114. The van der Waals surface area contributed by atoms with E-state index in [0.29, 0.717) is 5.92 Å². The van der Waals surface area contributed by atoms with Gasteiger partial charge in [-0.05, 0) is 31.1 Å². The molecule has 3 aliphatic rings. The maximum atomic E-state index is 12.4. The van der Waals surface area contributed by atoms with Gasteiger partial charge in [0.2, 0.25) is 0 Å². The van der Waals surface area contributed by atoms with Crippen molar-refractivity contribution >= 4 is 5.97 Å². The van der Waals surface area contributed by atoms with E-state index >= 15 is 0 Å². The minimum Gasteiger partial charge on any atom is -0.462 e. The lowest BCUT2D eigenvalue weighted by Gasteiger charge is -2.42. The summed E-state index contributed by atoms with van der Waals surface area (Å²) in [4.78, 5) is 17.5. The van der Waals surface area contributed by atoms with E-state index in [4.69, 9.17) is 4.74 Å². The molecule has 0 aromatic rings. The van der Waals surface area contributed by atoms with E-state index < -0.39 is 0 Å². The Labute approximate surface area is 178 Å². The number of piperazine rings is 1. The molecule has 2 unspecified atom stereocenters. The lowest BCUT2D eigenvalue weighted by atomic mass is 9.79. The molecule has 0 aromatic heterocycles. The molecule has 3 rings (SSSR count). The van der Waals surface area contributed by atoms with E-state index in [1.54, 1.807) is 0 Å². The number of hydrogen-bond acceptors (Lipinski definition) is 4. The van der Waals surface area contributed by atoms with Crippen LogP contribution in [-0.2, 0) is 9.53 Å². The number of ether oxygens (including phenoxy) is 1. The number of carbonyl (C=O) groups excluding carboxylic acids is 1. The van der Waals surface area contributed by atoms with Gasteiger partial charge in [-0.2, -0.15) is 0 Å². The van der Waals surface area contributed by atoms with Crippen LogP contribution in [0, 0.1) is 16.7 Å². The third-order valence-electron chi connectivity index (χ3n) is 7.63. The van der Waals surface area contributed by atoms with Crippen molar-refractivity contribution in [3.05, 3.63) is 24.4 Å². The smallest absolute Gasteiger partial charge is 0.312 e. The van der Waals surface area contributed by atoms with Crippen LogP contribution >= 0.6 is 0 Å². The van der Waals surface area contributed by atoms with Crippen LogP contribution in [0.1, 0.15) is 72.6 Å². The number of hydrogen-bond donors (Lipinski definition) is 0. The molecule has 4 nitrogen and oxygen atoms in total. The van der Waals surface area contributed by atoms with Gasteiger partial charge in [-0.3, -0.25) is 9.69 Å². The van der Waals surface area contributed by atoms with Crippen LogP contribution in [0.15, 0.2) is 24.4 Å². The maximum Gasteiger partial charge on any atom is 0.312 e. The van der Waals surface area contributed by atoms with Crippen molar-refractivity contribution in [2.45, 2.75) is 78.7 Å². The van der Waals surface area contributed by atoms with Crippen LogP contribution in [0.2, 0.25) is 0 Å². The van der Waals surface area contributed by atoms with E-state index in [2.05, 4.69) is 50.1 Å². The summed E-state index contributed by atoms with van der Waals surface area (Å²) in [6, 6.07) is 0. The van der Waals surface area contributed by atoms with Gasteiger partial charge in [-0.25, -0.2) is 0 Å². The first kappa shape index (κ1) is 22.4. The zero-order valence-electron chi connectivity index (χ0n) is 19.2. The predicted molar refractivity (Wildman–Crippen MR) is 120 cm³/mol. The van der Waals surface area contributed by atoms with Crippen molar-refractivity contribution in [3.63, 3.8) is 0 Å². The Hall–Kier alpha value is -1.29. The van der Waals surface area contributed by atoms with Gasteiger partial charge in [-0.15, -0.1) is 6.58 Å². The number of esters is 1. The molecule has 0 bridgehead atoms. The number of rotatable bonds is 7. The van der Waals surface area contributed by atoms with E-state index in [1.807, 2.05) is 6.08 Å². The van der Waals surface area contributed by atoms with Gasteiger partial charge in [0.1, 0.15) is 6.10 Å². The van der Waals surface area contributed by atoms with Crippen LogP contribution in [0.5, 0.6) is 0 Å². The second kappa shape index (κ2) is 9.24. The molecule has 0 N–H and O–H groups in total. The lowest BCUT2D eigenvalue weighted by molar-refractivity contribution is -0.148. The molecule has 3 fully saturated rings. The fourth-order valence-corrected chi connectivity index (χ4v) is 5.24. The second-order valence-electron chi connectivity index (χ2n) is 10.6. The Morgan fingerprint density at radius 1 is 1.24 bits per heavy atom. The Balaban J connectivity index is 1.48. The Morgan fingerprint density at radius 3 is 2.48 bits per heavy atom. The van der Waals surface area contributed by atoms with Crippen LogP contribution in [-0.4, -0.2) is 54.6 Å². The molecule has 2 atom stereocenters. The molecule has 164 valence electrons. The molecule has 0 amide bonds. The van der Waals surface area contributed by atoms with Crippen molar-refractivity contribution < 1.29 is 9.53 Å². The number of carbonyl (C=O) groups is 1. The highest BCUT2D eigenvalue weighted by molar-refractivity contribution is 5.79. The first-order valence-electron chi connectivity index (χ1n) is 11.7. The van der Waals surface area contributed by atoms with Gasteiger partial charge in [0.15, 0.2) is 0 Å². The molecule has 2 heterocycles. The summed E-state index contributed by atoms with van der Waals surface area (Å²) in [5, 5.41) is 0. The van der Waals surface area contributed by atoms with E-state index in [-0.39, 0.29) is 22.9 Å². The van der Waals surface area contributed by atoms with Gasteiger partial charge in [0.25, 0.3) is 0 Å². The third-order valence-corrected chi connectivity index (χ3v) is 7.63. The largest absolute Gasteiger partial charge is 0.462 e. The number of cyclic esters (lactones) is 1. The van der Waals surface area contributed by atoms with Crippen molar-refractivity contribution in [3.8, 4) is 0 Å². The molecule has 1 saturated carbocycles.